The quantitative estimate of drug-likeness (QED) is 0.323. The van der Waals surface area contributed by atoms with E-state index in [2.05, 4.69) is 55.4 Å². The molecule has 0 spiro atoms. The van der Waals surface area contributed by atoms with Crippen molar-refractivity contribution >= 4 is 11.9 Å². The summed E-state index contributed by atoms with van der Waals surface area (Å²) in [4.78, 5) is 25.7. The molecule has 0 saturated heterocycles. The summed E-state index contributed by atoms with van der Waals surface area (Å²) < 4.78 is 11.8. The van der Waals surface area contributed by atoms with Gasteiger partial charge >= 0.3 is 11.9 Å². The molecule has 0 N–H and O–H groups in total. The van der Waals surface area contributed by atoms with E-state index in [1.807, 2.05) is 48.5 Å². The standard InChI is InChI=1S/C31H44O4/c1-9-11-26(34-28(32)22-13-17-24(18-14-22)30(3,4)5)21-27(12-10-2)35-29(33)23-15-19-25(20-16-23)31(6,7)8/h13-20,26-27H,9-12,21H2,1-8H3. The lowest BCUT2D eigenvalue weighted by Crippen LogP contribution is -2.27. The lowest BCUT2D eigenvalue weighted by Gasteiger charge is -2.24. The zero-order valence-corrected chi connectivity index (χ0v) is 22.9. The second kappa shape index (κ2) is 12.4. The predicted octanol–water partition coefficient (Wildman–Crippen LogP) is 8.02. The fourth-order valence-corrected chi connectivity index (χ4v) is 4.04. The molecule has 0 amide bonds. The van der Waals surface area contributed by atoms with Crippen LogP contribution in [0, 0.1) is 0 Å². The highest BCUT2D eigenvalue weighted by molar-refractivity contribution is 5.90. The van der Waals surface area contributed by atoms with Crippen LogP contribution >= 0.6 is 0 Å². The largest absolute Gasteiger partial charge is 0.459 e. The molecule has 2 aromatic rings. The normalized spacial score (nSPS) is 13.7. The van der Waals surface area contributed by atoms with Crippen LogP contribution in [-0.4, -0.2) is 24.1 Å². The molecule has 2 unspecified atom stereocenters. The molecule has 2 rings (SSSR count). The van der Waals surface area contributed by atoms with Crippen molar-refractivity contribution in [1.82, 2.24) is 0 Å². The molecule has 0 aliphatic heterocycles. The van der Waals surface area contributed by atoms with E-state index in [4.69, 9.17) is 9.47 Å². The van der Waals surface area contributed by atoms with Crippen LogP contribution in [0.15, 0.2) is 48.5 Å². The fourth-order valence-electron chi connectivity index (χ4n) is 4.04. The van der Waals surface area contributed by atoms with E-state index in [-0.39, 0.29) is 35.0 Å². The Bertz CT molecular complexity index is 864. The molecule has 0 fully saturated rings. The molecule has 35 heavy (non-hydrogen) atoms. The first kappa shape index (κ1) is 28.6. The highest BCUT2D eigenvalue weighted by Crippen LogP contribution is 2.25. The summed E-state index contributed by atoms with van der Waals surface area (Å²) in [6, 6.07) is 15.3. The Labute approximate surface area is 212 Å². The number of benzene rings is 2. The van der Waals surface area contributed by atoms with Gasteiger partial charge in [-0.15, -0.1) is 0 Å². The van der Waals surface area contributed by atoms with Crippen LogP contribution in [0.4, 0.5) is 0 Å². The van der Waals surface area contributed by atoms with Crippen LogP contribution in [0.3, 0.4) is 0 Å². The predicted molar refractivity (Wildman–Crippen MR) is 143 cm³/mol. The number of hydrogen-bond donors (Lipinski definition) is 0. The first-order chi connectivity index (χ1) is 16.3. The maximum absolute atomic E-state index is 12.9. The Morgan fingerprint density at radius 1 is 0.629 bits per heavy atom. The van der Waals surface area contributed by atoms with Gasteiger partial charge in [0.25, 0.3) is 0 Å². The number of rotatable bonds is 10. The topological polar surface area (TPSA) is 52.6 Å². The summed E-state index contributed by atoms with van der Waals surface area (Å²) in [6.07, 6.45) is 3.10. The van der Waals surface area contributed by atoms with Gasteiger partial charge < -0.3 is 9.47 Å². The Morgan fingerprint density at radius 2 is 0.943 bits per heavy atom. The highest BCUT2D eigenvalue weighted by Gasteiger charge is 2.24. The second-order valence-corrected chi connectivity index (χ2v) is 11.5. The Balaban J connectivity index is 2.07. The Kier molecular flexibility index (Phi) is 10.1. The highest BCUT2D eigenvalue weighted by atomic mass is 16.6. The average molecular weight is 481 g/mol. The number of ether oxygens (including phenoxy) is 2. The number of carbonyl (C=O) groups is 2. The minimum absolute atomic E-state index is 0.0253. The third-order valence-electron chi connectivity index (χ3n) is 6.27. The van der Waals surface area contributed by atoms with Gasteiger partial charge in [-0.1, -0.05) is 92.5 Å². The molecule has 0 aliphatic carbocycles. The van der Waals surface area contributed by atoms with Gasteiger partial charge in [-0.3, -0.25) is 0 Å². The number of hydrogen-bond acceptors (Lipinski definition) is 4. The van der Waals surface area contributed by atoms with Gasteiger partial charge in [0.2, 0.25) is 0 Å². The van der Waals surface area contributed by atoms with E-state index in [0.29, 0.717) is 17.5 Å². The van der Waals surface area contributed by atoms with Crippen molar-refractivity contribution in [3.05, 3.63) is 70.8 Å². The molecule has 4 heteroatoms. The summed E-state index contributed by atoms with van der Waals surface area (Å²) in [5.41, 5.74) is 3.48. The minimum atomic E-state index is -0.330. The number of carbonyl (C=O) groups excluding carboxylic acids is 2. The molecule has 0 radical (unpaired) electrons. The van der Waals surface area contributed by atoms with E-state index >= 15 is 0 Å². The molecule has 0 bridgehead atoms. The van der Waals surface area contributed by atoms with Crippen molar-refractivity contribution < 1.29 is 19.1 Å². The molecule has 2 aromatic carbocycles. The first-order valence-corrected chi connectivity index (χ1v) is 13.0. The van der Waals surface area contributed by atoms with Gasteiger partial charge in [-0.25, -0.2) is 9.59 Å². The van der Waals surface area contributed by atoms with Crippen molar-refractivity contribution in [3.8, 4) is 0 Å². The third kappa shape index (κ3) is 8.83. The first-order valence-electron chi connectivity index (χ1n) is 13.0. The molecule has 192 valence electrons. The maximum atomic E-state index is 12.9. The van der Waals surface area contributed by atoms with Crippen LogP contribution in [0.25, 0.3) is 0 Å². The molecule has 0 aliphatic rings. The summed E-state index contributed by atoms with van der Waals surface area (Å²) in [7, 11) is 0. The maximum Gasteiger partial charge on any atom is 0.338 e. The van der Waals surface area contributed by atoms with E-state index < -0.39 is 0 Å². The van der Waals surface area contributed by atoms with Gasteiger partial charge in [-0.05, 0) is 59.1 Å². The minimum Gasteiger partial charge on any atom is -0.459 e. The number of esters is 2. The SMILES string of the molecule is CCCC(CC(CCC)OC(=O)c1ccc(C(C)(C)C)cc1)OC(=O)c1ccc(C(C)(C)C)cc1. The van der Waals surface area contributed by atoms with E-state index in [9.17, 15) is 9.59 Å². The van der Waals surface area contributed by atoms with Gasteiger partial charge in [0.05, 0.1) is 11.1 Å². The van der Waals surface area contributed by atoms with Crippen LogP contribution < -0.4 is 0 Å². The van der Waals surface area contributed by atoms with Crippen molar-refractivity contribution in [3.63, 3.8) is 0 Å². The smallest absolute Gasteiger partial charge is 0.338 e. The van der Waals surface area contributed by atoms with Crippen molar-refractivity contribution in [2.45, 2.75) is 111 Å². The van der Waals surface area contributed by atoms with Crippen LogP contribution in [0.2, 0.25) is 0 Å². The van der Waals surface area contributed by atoms with Gasteiger partial charge in [-0.2, -0.15) is 0 Å². The molecule has 0 saturated carbocycles. The van der Waals surface area contributed by atoms with Gasteiger partial charge in [0, 0.05) is 6.42 Å². The summed E-state index contributed by atoms with van der Waals surface area (Å²) >= 11 is 0. The summed E-state index contributed by atoms with van der Waals surface area (Å²) in [5.74, 6) is -0.661. The van der Waals surface area contributed by atoms with Crippen LogP contribution in [-0.2, 0) is 20.3 Å². The van der Waals surface area contributed by atoms with Crippen molar-refractivity contribution in [2.75, 3.05) is 0 Å². The molecular weight excluding hydrogens is 436 g/mol. The summed E-state index contributed by atoms with van der Waals surface area (Å²) in [6.45, 7) is 17.0. The average Bonchev–Trinajstić information content (AvgIpc) is 2.78. The molecule has 2 atom stereocenters. The lowest BCUT2D eigenvalue weighted by atomic mass is 9.87. The van der Waals surface area contributed by atoms with Gasteiger partial charge in [0.15, 0.2) is 0 Å². The zero-order valence-electron chi connectivity index (χ0n) is 22.9. The molecule has 4 nitrogen and oxygen atoms in total. The second-order valence-electron chi connectivity index (χ2n) is 11.5. The van der Waals surface area contributed by atoms with E-state index in [1.54, 1.807) is 0 Å². The third-order valence-corrected chi connectivity index (χ3v) is 6.27. The monoisotopic (exact) mass is 480 g/mol. The molecular formula is C31H44O4. The Morgan fingerprint density at radius 3 is 1.20 bits per heavy atom. The summed E-state index contributed by atoms with van der Waals surface area (Å²) in [5, 5.41) is 0. The fraction of sp³-hybridized carbons (Fsp3) is 0.548. The molecule has 0 aromatic heterocycles. The zero-order chi connectivity index (χ0) is 26.2. The van der Waals surface area contributed by atoms with Crippen LogP contribution in [0.5, 0.6) is 0 Å². The van der Waals surface area contributed by atoms with Gasteiger partial charge in [0.1, 0.15) is 12.2 Å². The van der Waals surface area contributed by atoms with E-state index in [1.165, 1.54) is 11.1 Å². The lowest BCUT2D eigenvalue weighted by molar-refractivity contribution is -0.00415. The van der Waals surface area contributed by atoms with Crippen LogP contribution in [0.1, 0.15) is 119 Å². The van der Waals surface area contributed by atoms with E-state index in [0.717, 1.165) is 25.7 Å². The Hall–Kier alpha value is -2.62. The van der Waals surface area contributed by atoms with Crippen molar-refractivity contribution in [1.29, 1.82) is 0 Å². The molecule has 0 heterocycles. The van der Waals surface area contributed by atoms with Crippen molar-refractivity contribution in [2.24, 2.45) is 0 Å².